The average Bonchev–Trinajstić information content (AvgIpc) is 2.54. The molecular formula is C17H15F3N2O2. The minimum absolute atomic E-state index is 0.0631. The van der Waals surface area contributed by atoms with Gasteiger partial charge in [-0.1, -0.05) is 12.1 Å². The normalized spacial score (nSPS) is 16.1. The molecule has 7 heteroatoms. The van der Waals surface area contributed by atoms with Crippen LogP contribution in [-0.4, -0.2) is 17.1 Å². The van der Waals surface area contributed by atoms with Crippen LogP contribution in [-0.2, 0) is 12.6 Å². The van der Waals surface area contributed by atoms with Crippen LogP contribution in [0, 0.1) is 0 Å². The van der Waals surface area contributed by atoms with Gasteiger partial charge in [0.1, 0.15) is 11.4 Å². The Bertz CT molecular complexity index is 836. The Morgan fingerprint density at radius 2 is 1.92 bits per heavy atom. The molecule has 0 unspecified atom stereocenters. The summed E-state index contributed by atoms with van der Waals surface area (Å²) in [6.45, 7) is 0. The van der Waals surface area contributed by atoms with Gasteiger partial charge in [-0.3, -0.25) is 0 Å². The first-order valence-electron chi connectivity index (χ1n) is 7.44. The smallest absolute Gasteiger partial charge is 0.431 e. The molecule has 0 spiro atoms. The highest BCUT2D eigenvalue weighted by Crippen LogP contribution is 2.37. The maximum Gasteiger partial charge on any atom is 0.431 e. The van der Waals surface area contributed by atoms with E-state index in [0.717, 1.165) is 5.56 Å². The van der Waals surface area contributed by atoms with Gasteiger partial charge in [-0.2, -0.15) is 18.2 Å². The van der Waals surface area contributed by atoms with Crippen molar-refractivity contribution in [3.8, 4) is 5.75 Å². The molecule has 0 aliphatic heterocycles. The lowest BCUT2D eigenvalue weighted by molar-refractivity contribution is -0.142. The molecule has 0 bridgehead atoms. The summed E-state index contributed by atoms with van der Waals surface area (Å²) < 4.78 is 44.6. The van der Waals surface area contributed by atoms with Crippen LogP contribution in [0.3, 0.4) is 0 Å². The molecule has 3 rings (SSSR count). The highest BCUT2D eigenvalue weighted by atomic mass is 19.4. The molecule has 0 amide bonds. The van der Waals surface area contributed by atoms with Gasteiger partial charge in [0.15, 0.2) is 0 Å². The van der Waals surface area contributed by atoms with E-state index in [4.69, 9.17) is 4.74 Å². The van der Waals surface area contributed by atoms with E-state index in [2.05, 4.69) is 4.98 Å². The molecule has 1 aliphatic rings. The van der Waals surface area contributed by atoms with Crippen molar-refractivity contribution >= 4 is 11.6 Å². The van der Waals surface area contributed by atoms with Crippen molar-refractivity contribution in [2.75, 3.05) is 7.11 Å². The fourth-order valence-corrected chi connectivity index (χ4v) is 2.86. The molecule has 1 aliphatic carbocycles. The summed E-state index contributed by atoms with van der Waals surface area (Å²) in [5.74, 6) is 0.690. The Labute approximate surface area is 136 Å². The Kier molecular flexibility index (Phi) is 4.17. The third-order valence-corrected chi connectivity index (χ3v) is 3.95. The van der Waals surface area contributed by atoms with Crippen molar-refractivity contribution < 1.29 is 17.9 Å². The van der Waals surface area contributed by atoms with Crippen molar-refractivity contribution in [3.05, 3.63) is 57.3 Å². The number of halogens is 3. The predicted molar refractivity (Wildman–Crippen MR) is 83.7 cm³/mol. The zero-order valence-corrected chi connectivity index (χ0v) is 12.9. The van der Waals surface area contributed by atoms with E-state index in [-0.39, 0.29) is 17.7 Å². The molecule has 1 N–H and O–H groups in total. The Hall–Kier alpha value is -2.57. The summed E-state index contributed by atoms with van der Waals surface area (Å²) >= 11 is 0. The van der Waals surface area contributed by atoms with Crippen LogP contribution >= 0.6 is 0 Å². The number of aromatic nitrogens is 2. The zero-order valence-electron chi connectivity index (χ0n) is 12.9. The number of benzene rings is 1. The predicted octanol–water partition coefficient (Wildman–Crippen LogP) is 3.67. The van der Waals surface area contributed by atoms with E-state index in [9.17, 15) is 18.0 Å². The first-order valence-corrected chi connectivity index (χ1v) is 7.44. The van der Waals surface area contributed by atoms with Crippen LogP contribution in [0.2, 0.25) is 0 Å². The largest absolute Gasteiger partial charge is 0.497 e. The zero-order chi connectivity index (χ0) is 17.3. The highest BCUT2D eigenvalue weighted by molar-refractivity contribution is 5.82. The monoisotopic (exact) mass is 336 g/mol. The minimum Gasteiger partial charge on any atom is -0.497 e. The number of allylic oxidation sites excluding steroid dienone is 1. The molecule has 1 aromatic carbocycles. The molecule has 24 heavy (non-hydrogen) atoms. The molecule has 1 aromatic heterocycles. The van der Waals surface area contributed by atoms with Gasteiger partial charge in [0.2, 0.25) is 0 Å². The standard InChI is InChI=1S/C17H15F3N2O2/c1-24-12-7-5-10(6-8-12)9-11-3-2-4-13-14(11)21-16(23)22-15(13)17(18,19)20/h5-9H,2-4H2,1H3,(H,21,22,23)/b11-9+. The summed E-state index contributed by atoms with van der Waals surface area (Å²) in [6.07, 6.45) is -1.44. The number of alkyl halides is 3. The quantitative estimate of drug-likeness (QED) is 0.910. The summed E-state index contributed by atoms with van der Waals surface area (Å²) in [4.78, 5) is 17.2. The number of methoxy groups -OCH3 is 1. The molecule has 0 saturated carbocycles. The summed E-state index contributed by atoms with van der Waals surface area (Å²) in [5, 5.41) is 0. The Morgan fingerprint density at radius 1 is 1.21 bits per heavy atom. The van der Waals surface area contributed by atoms with Crippen LogP contribution in [0.4, 0.5) is 13.2 Å². The van der Waals surface area contributed by atoms with Gasteiger partial charge >= 0.3 is 11.9 Å². The van der Waals surface area contributed by atoms with Gasteiger partial charge < -0.3 is 9.72 Å². The topological polar surface area (TPSA) is 55.0 Å². The van der Waals surface area contributed by atoms with E-state index in [1.807, 2.05) is 4.98 Å². The van der Waals surface area contributed by atoms with Gasteiger partial charge in [0.05, 0.1) is 12.8 Å². The van der Waals surface area contributed by atoms with Crippen molar-refractivity contribution in [3.63, 3.8) is 0 Å². The van der Waals surface area contributed by atoms with Gasteiger partial charge in [-0.15, -0.1) is 0 Å². The molecule has 1 heterocycles. The van der Waals surface area contributed by atoms with Gasteiger partial charge in [-0.25, -0.2) is 4.79 Å². The molecular weight excluding hydrogens is 321 g/mol. The number of H-pyrrole nitrogens is 1. The number of hydrogen-bond acceptors (Lipinski definition) is 3. The minimum atomic E-state index is -4.60. The molecule has 126 valence electrons. The average molecular weight is 336 g/mol. The fourth-order valence-electron chi connectivity index (χ4n) is 2.86. The van der Waals surface area contributed by atoms with E-state index in [1.54, 1.807) is 37.5 Å². The van der Waals surface area contributed by atoms with Crippen LogP contribution in [0.1, 0.15) is 35.4 Å². The summed E-state index contributed by atoms with van der Waals surface area (Å²) in [7, 11) is 1.56. The van der Waals surface area contributed by atoms with Crippen LogP contribution in [0.5, 0.6) is 5.75 Å². The van der Waals surface area contributed by atoms with Crippen molar-refractivity contribution in [2.24, 2.45) is 0 Å². The summed E-state index contributed by atoms with van der Waals surface area (Å²) in [6, 6.07) is 7.14. The molecule has 0 atom stereocenters. The third-order valence-electron chi connectivity index (χ3n) is 3.95. The van der Waals surface area contributed by atoms with E-state index >= 15 is 0 Å². The maximum absolute atomic E-state index is 13.2. The van der Waals surface area contributed by atoms with Gasteiger partial charge in [0.25, 0.3) is 0 Å². The number of ether oxygens (including phenoxy) is 1. The van der Waals surface area contributed by atoms with Crippen molar-refractivity contribution in [2.45, 2.75) is 25.4 Å². The molecule has 0 saturated heterocycles. The molecule has 0 radical (unpaired) electrons. The SMILES string of the molecule is COc1ccc(/C=C2\CCCc3c2nc(=O)[nH]c3C(F)(F)F)cc1. The second-order valence-electron chi connectivity index (χ2n) is 5.54. The lowest BCUT2D eigenvalue weighted by Crippen LogP contribution is -2.25. The molecule has 4 nitrogen and oxygen atoms in total. The Morgan fingerprint density at radius 3 is 2.54 bits per heavy atom. The number of nitrogens with one attached hydrogen (secondary N) is 1. The number of nitrogens with zero attached hydrogens (tertiary/aromatic N) is 1. The Balaban J connectivity index is 2.10. The van der Waals surface area contributed by atoms with Crippen molar-refractivity contribution in [1.29, 1.82) is 0 Å². The number of hydrogen-bond donors (Lipinski definition) is 1. The number of aromatic amines is 1. The number of fused-ring (bicyclic) bond motifs is 1. The van der Waals surface area contributed by atoms with Gasteiger partial charge in [0, 0.05) is 5.56 Å². The van der Waals surface area contributed by atoms with Crippen LogP contribution in [0.25, 0.3) is 11.6 Å². The second kappa shape index (κ2) is 6.14. The lowest BCUT2D eigenvalue weighted by atomic mass is 9.89. The second-order valence-corrected chi connectivity index (χ2v) is 5.54. The molecule has 2 aromatic rings. The third kappa shape index (κ3) is 3.20. The lowest BCUT2D eigenvalue weighted by Gasteiger charge is -2.21. The molecule has 0 fully saturated rings. The fraction of sp³-hybridized carbons (Fsp3) is 0.294. The van der Waals surface area contributed by atoms with E-state index in [1.165, 1.54) is 0 Å². The van der Waals surface area contributed by atoms with Gasteiger partial charge in [-0.05, 0) is 48.6 Å². The maximum atomic E-state index is 13.2. The van der Waals surface area contributed by atoms with Crippen LogP contribution < -0.4 is 10.4 Å². The van der Waals surface area contributed by atoms with E-state index < -0.39 is 17.6 Å². The summed E-state index contributed by atoms with van der Waals surface area (Å²) in [5.41, 5.74) is -0.310. The van der Waals surface area contributed by atoms with Crippen molar-refractivity contribution in [1.82, 2.24) is 9.97 Å². The van der Waals surface area contributed by atoms with E-state index in [0.29, 0.717) is 24.2 Å². The first-order chi connectivity index (χ1) is 11.4. The number of rotatable bonds is 2. The highest BCUT2D eigenvalue weighted by Gasteiger charge is 2.37. The van der Waals surface area contributed by atoms with Crippen LogP contribution in [0.15, 0.2) is 29.1 Å². The first kappa shape index (κ1) is 16.3.